The van der Waals surface area contributed by atoms with E-state index in [1.165, 1.54) is 25.1 Å². The summed E-state index contributed by atoms with van der Waals surface area (Å²) in [5, 5.41) is 0. The highest BCUT2D eigenvalue weighted by Gasteiger charge is 2.27. The molecule has 0 aromatic heterocycles. The van der Waals surface area contributed by atoms with Gasteiger partial charge in [-0.3, -0.25) is 14.4 Å². The molecule has 0 spiro atoms. The predicted octanol–water partition coefficient (Wildman–Crippen LogP) is 3.79. The molecule has 0 N–H and O–H groups in total. The van der Waals surface area contributed by atoms with Crippen molar-refractivity contribution in [2.45, 2.75) is 48.5 Å². The maximum absolute atomic E-state index is 12.0. The maximum atomic E-state index is 12.0. The van der Waals surface area contributed by atoms with Gasteiger partial charge in [-0.05, 0) is 66.7 Å². The van der Waals surface area contributed by atoms with Crippen LogP contribution >= 0.6 is 0 Å². The van der Waals surface area contributed by atoms with Gasteiger partial charge in [-0.15, -0.1) is 0 Å². The highest BCUT2D eigenvalue weighted by Crippen LogP contribution is 2.28. The standard InChI is InChI=1S/C18H24O5/c1-11(19)13-10-12(22-15(20)17(2,3)4)8-9-14(13)23-16(21)18(5,6)7/h8-10H,1-7H3. The Morgan fingerprint density at radius 1 is 0.826 bits per heavy atom. The minimum Gasteiger partial charge on any atom is -0.426 e. The third-order valence-electron chi connectivity index (χ3n) is 2.97. The van der Waals surface area contributed by atoms with E-state index < -0.39 is 22.8 Å². The lowest BCUT2D eigenvalue weighted by molar-refractivity contribution is -0.144. The fourth-order valence-corrected chi connectivity index (χ4v) is 1.45. The number of benzene rings is 1. The van der Waals surface area contributed by atoms with Crippen LogP contribution in [0.5, 0.6) is 11.5 Å². The van der Waals surface area contributed by atoms with Crippen molar-refractivity contribution in [3.8, 4) is 11.5 Å². The van der Waals surface area contributed by atoms with Gasteiger partial charge in [-0.1, -0.05) is 0 Å². The van der Waals surface area contributed by atoms with E-state index >= 15 is 0 Å². The van der Waals surface area contributed by atoms with Crippen LogP contribution in [0.3, 0.4) is 0 Å². The molecule has 0 aliphatic carbocycles. The van der Waals surface area contributed by atoms with Crippen molar-refractivity contribution in [2.24, 2.45) is 10.8 Å². The lowest BCUT2D eigenvalue weighted by Crippen LogP contribution is -2.26. The lowest BCUT2D eigenvalue weighted by atomic mass is 9.97. The number of hydrogen-bond acceptors (Lipinski definition) is 5. The highest BCUT2D eigenvalue weighted by molar-refractivity contribution is 5.98. The lowest BCUT2D eigenvalue weighted by Gasteiger charge is -2.19. The van der Waals surface area contributed by atoms with Gasteiger partial charge < -0.3 is 9.47 Å². The molecule has 0 fully saturated rings. The van der Waals surface area contributed by atoms with E-state index in [9.17, 15) is 14.4 Å². The third kappa shape index (κ3) is 5.20. The molecule has 126 valence electrons. The smallest absolute Gasteiger partial charge is 0.316 e. The number of ketones is 1. The molecule has 0 aliphatic rings. The van der Waals surface area contributed by atoms with Crippen molar-refractivity contribution in [3.05, 3.63) is 23.8 Å². The molecule has 0 bridgehead atoms. The fourth-order valence-electron chi connectivity index (χ4n) is 1.45. The summed E-state index contributed by atoms with van der Waals surface area (Å²) in [4.78, 5) is 35.7. The second-order valence-corrected chi connectivity index (χ2v) is 7.49. The summed E-state index contributed by atoms with van der Waals surface area (Å²) in [5.41, 5.74) is -1.15. The van der Waals surface area contributed by atoms with Gasteiger partial charge in [0.1, 0.15) is 11.5 Å². The van der Waals surface area contributed by atoms with Gasteiger partial charge in [0, 0.05) is 0 Å². The molecule has 0 saturated carbocycles. The van der Waals surface area contributed by atoms with E-state index in [1.54, 1.807) is 41.5 Å². The monoisotopic (exact) mass is 320 g/mol. The Morgan fingerprint density at radius 3 is 1.74 bits per heavy atom. The zero-order chi connectivity index (χ0) is 18.0. The molecule has 0 unspecified atom stereocenters. The van der Waals surface area contributed by atoms with Crippen LogP contribution in [-0.2, 0) is 9.59 Å². The minimum atomic E-state index is -0.689. The van der Waals surface area contributed by atoms with Gasteiger partial charge in [0.25, 0.3) is 0 Å². The largest absolute Gasteiger partial charge is 0.426 e. The first-order valence-corrected chi connectivity index (χ1v) is 7.42. The minimum absolute atomic E-state index is 0.160. The van der Waals surface area contributed by atoms with Crippen LogP contribution in [0.1, 0.15) is 58.8 Å². The summed E-state index contributed by atoms with van der Waals surface area (Å²) in [6.07, 6.45) is 0. The summed E-state index contributed by atoms with van der Waals surface area (Å²) in [6, 6.07) is 4.38. The van der Waals surface area contributed by atoms with Crippen LogP contribution in [0.2, 0.25) is 0 Å². The van der Waals surface area contributed by atoms with Crippen LogP contribution in [0, 0.1) is 10.8 Å². The topological polar surface area (TPSA) is 69.7 Å². The van der Waals surface area contributed by atoms with Crippen molar-refractivity contribution in [2.75, 3.05) is 0 Å². The zero-order valence-corrected chi connectivity index (χ0v) is 14.8. The van der Waals surface area contributed by atoms with Gasteiger partial charge in [0.05, 0.1) is 16.4 Å². The first kappa shape index (κ1) is 18.9. The third-order valence-corrected chi connectivity index (χ3v) is 2.97. The number of esters is 2. The molecule has 1 rings (SSSR count). The van der Waals surface area contributed by atoms with E-state index in [4.69, 9.17) is 9.47 Å². The predicted molar refractivity (Wildman–Crippen MR) is 86.6 cm³/mol. The van der Waals surface area contributed by atoms with Crippen LogP contribution in [0.25, 0.3) is 0 Å². The molecule has 0 saturated heterocycles. The number of Topliss-reactive ketones (excluding diaryl/α,β-unsaturated/α-hetero) is 1. The van der Waals surface area contributed by atoms with Crippen LogP contribution in [0.15, 0.2) is 18.2 Å². The Balaban J connectivity index is 3.11. The summed E-state index contributed by atoms with van der Waals surface area (Å²) in [6.45, 7) is 11.7. The first-order chi connectivity index (χ1) is 10.3. The van der Waals surface area contributed by atoms with Gasteiger partial charge >= 0.3 is 11.9 Å². The molecule has 0 heterocycles. The van der Waals surface area contributed by atoms with E-state index in [0.717, 1.165) is 0 Å². The fraction of sp³-hybridized carbons (Fsp3) is 0.500. The van der Waals surface area contributed by atoms with Crippen LogP contribution in [0.4, 0.5) is 0 Å². The second kappa shape index (κ2) is 6.52. The summed E-state index contributed by atoms with van der Waals surface area (Å²) in [5.74, 6) is -0.736. The molecular formula is C18H24O5. The molecule has 0 atom stereocenters. The second-order valence-electron chi connectivity index (χ2n) is 7.49. The number of carbonyl (C=O) groups excluding carboxylic acids is 3. The van der Waals surface area contributed by atoms with Crippen LogP contribution in [-0.4, -0.2) is 17.7 Å². The van der Waals surface area contributed by atoms with Crippen LogP contribution < -0.4 is 9.47 Å². The van der Waals surface area contributed by atoms with Crippen molar-refractivity contribution in [1.82, 2.24) is 0 Å². The number of rotatable bonds is 3. The maximum Gasteiger partial charge on any atom is 0.316 e. The zero-order valence-electron chi connectivity index (χ0n) is 14.8. The summed E-state index contributed by atoms with van der Waals surface area (Å²) >= 11 is 0. The number of hydrogen-bond donors (Lipinski definition) is 0. The molecular weight excluding hydrogens is 296 g/mol. The van der Waals surface area contributed by atoms with Gasteiger partial charge in [0.15, 0.2) is 5.78 Å². The Morgan fingerprint density at radius 2 is 1.30 bits per heavy atom. The Hall–Kier alpha value is -2.17. The Bertz CT molecular complexity index is 630. The van der Waals surface area contributed by atoms with Crippen molar-refractivity contribution < 1.29 is 23.9 Å². The molecule has 1 aromatic rings. The molecule has 0 radical (unpaired) electrons. The SMILES string of the molecule is CC(=O)c1cc(OC(=O)C(C)(C)C)ccc1OC(=O)C(C)(C)C. The van der Waals surface area contributed by atoms with E-state index in [-0.39, 0.29) is 22.8 Å². The van der Waals surface area contributed by atoms with Gasteiger partial charge in [-0.2, -0.15) is 0 Å². The summed E-state index contributed by atoms with van der Waals surface area (Å²) in [7, 11) is 0. The molecule has 1 aromatic carbocycles. The van der Waals surface area contributed by atoms with E-state index in [0.29, 0.717) is 0 Å². The molecule has 0 aliphatic heterocycles. The van der Waals surface area contributed by atoms with Gasteiger partial charge in [0.2, 0.25) is 0 Å². The number of carbonyl (C=O) groups is 3. The molecule has 0 amide bonds. The highest BCUT2D eigenvalue weighted by atomic mass is 16.5. The molecule has 5 nitrogen and oxygen atoms in total. The molecule has 5 heteroatoms. The van der Waals surface area contributed by atoms with Crippen molar-refractivity contribution in [3.63, 3.8) is 0 Å². The number of ether oxygens (including phenoxy) is 2. The average Bonchev–Trinajstić information content (AvgIpc) is 2.37. The quantitative estimate of drug-likeness (QED) is 0.481. The van der Waals surface area contributed by atoms with Gasteiger partial charge in [-0.25, -0.2) is 0 Å². The average molecular weight is 320 g/mol. The van der Waals surface area contributed by atoms with Crippen molar-refractivity contribution >= 4 is 17.7 Å². The molecule has 23 heavy (non-hydrogen) atoms. The Kier molecular flexibility index (Phi) is 5.35. The van der Waals surface area contributed by atoms with Crippen molar-refractivity contribution in [1.29, 1.82) is 0 Å². The van der Waals surface area contributed by atoms with E-state index in [1.807, 2.05) is 0 Å². The normalized spacial score (nSPS) is 11.8. The first-order valence-electron chi connectivity index (χ1n) is 7.42. The summed E-state index contributed by atoms with van der Waals surface area (Å²) < 4.78 is 10.6. The Labute approximate surface area is 137 Å². The van der Waals surface area contributed by atoms with E-state index in [2.05, 4.69) is 0 Å².